The van der Waals surface area contributed by atoms with Crippen LogP contribution in [-0.2, 0) is 10.8 Å². The smallest absolute Gasteiger partial charge is 0.196 e. The molecule has 0 fully saturated rings. The molecule has 2 rings (SSSR count). The van der Waals surface area contributed by atoms with Gasteiger partial charge in [-0.05, 0) is 46.7 Å². The van der Waals surface area contributed by atoms with Crippen molar-refractivity contribution in [1.29, 1.82) is 5.26 Å². The number of hydrogen-bond donors (Lipinski definition) is 1. The maximum absolute atomic E-state index is 13.0. The third-order valence-electron chi connectivity index (χ3n) is 4.30. The molecule has 0 aromatic heterocycles. The van der Waals surface area contributed by atoms with Crippen molar-refractivity contribution in [3.63, 3.8) is 0 Å². The fraction of sp³-hybridized carbons (Fsp3) is 0.364. The van der Waals surface area contributed by atoms with Crippen LogP contribution in [0.3, 0.4) is 0 Å². The van der Waals surface area contributed by atoms with Crippen LogP contribution in [0.1, 0.15) is 74.2 Å². The van der Waals surface area contributed by atoms with Crippen LogP contribution in [0.25, 0.3) is 0 Å². The zero-order valence-electron chi connectivity index (χ0n) is 15.8. The molecule has 0 saturated carbocycles. The molecule has 0 bridgehead atoms. The Morgan fingerprint density at radius 1 is 0.960 bits per heavy atom. The number of carbonyl (C=O) groups excluding carboxylic acids is 1. The summed E-state index contributed by atoms with van der Waals surface area (Å²) in [5.41, 5.74) is 2.60. The van der Waals surface area contributed by atoms with Gasteiger partial charge in [-0.25, -0.2) is 0 Å². The third-order valence-corrected chi connectivity index (χ3v) is 4.30. The molecule has 3 heteroatoms. The van der Waals surface area contributed by atoms with Gasteiger partial charge in [-0.1, -0.05) is 47.6 Å². The Hall–Kier alpha value is -2.60. The Kier molecular flexibility index (Phi) is 4.77. The van der Waals surface area contributed by atoms with Crippen molar-refractivity contribution in [2.24, 2.45) is 0 Å². The summed E-state index contributed by atoms with van der Waals surface area (Å²) in [6, 6.07) is 12.3. The van der Waals surface area contributed by atoms with E-state index >= 15 is 0 Å². The molecule has 0 saturated heterocycles. The lowest BCUT2D eigenvalue weighted by molar-refractivity contribution is 0.103. The van der Waals surface area contributed by atoms with Gasteiger partial charge in [0.25, 0.3) is 0 Å². The quantitative estimate of drug-likeness (QED) is 0.778. The molecule has 0 radical (unpaired) electrons. The maximum Gasteiger partial charge on any atom is 0.196 e. The molecule has 2 aromatic rings. The normalized spacial score (nSPS) is 11.9. The van der Waals surface area contributed by atoms with Crippen molar-refractivity contribution >= 4 is 5.78 Å². The summed E-state index contributed by atoms with van der Waals surface area (Å²) >= 11 is 0. The average molecular weight is 335 g/mol. The van der Waals surface area contributed by atoms with E-state index in [1.165, 1.54) is 0 Å². The van der Waals surface area contributed by atoms with Gasteiger partial charge in [0.05, 0.1) is 17.2 Å². The molecular weight excluding hydrogens is 310 g/mol. The van der Waals surface area contributed by atoms with Crippen LogP contribution in [0, 0.1) is 11.3 Å². The molecule has 0 heterocycles. The van der Waals surface area contributed by atoms with Gasteiger partial charge in [-0.2, -0.15) is 5.26 Å². The van der Waals surface area contributed by atoms with Gasteiger partial charge >= 0.3 is 0 Å². The van der Waals surface area contributed by atoms with E-state index in [0.717, 1.165) is 11.1 Å². The molecule has 0 aliphatic carbocycles. The predicted molar refractivity (Wildman–Crippen MR) is 100 cm³/mol. The van der Waals surface area contributed by atoms with Crippen molar-refractivity contribution in [1.82, 2.24) is 0 Å². The Labute approximate surface area is 149 Å². The lowest BCUT2D eigenvalue weighted by atomic mass is 9.78. The number of carbonyl (C=O) groups is 1. The molecular formula is C22H25NO2. The Morgan fingerprint density at radius 2 is 1.52 bits per heavy atom. The van der Waals surface area contributed by atoms with Gasteiger partial charge in [0.2, 0.25) is 0 Å². The number of nitrogens with zero attached hydrogens (tertiary/aromatic N) is 1. The van der Waals surface area contributed by atoms with E-state index in [4.69, 9.17) is 5.26 Å². The number of benzene rings is 2. The van der Waals surface area contributed by atoms with Crippen LogP contribution in [-0.4, -0.2) is 10.9 Å². The topological polar surface area (TPSA) is 61.1 Å². The van der Waals surface area contributed by atoms with Crippen molar-refractivity contribution < 1.29 is 9.90 Å². The number of nitriles is 1. The van der Waals surface area contributed by atoms with Gasteiger partial charge in [0, 0.05) is 11.1 Å². The van der Waals surface area contributed by atoms with E-state index in [1.807, 2.05) is 32.9 Å². The van der Waals surface area contributed by atoms with Crippen molar-refractivity contribution in [3.8, 4) is 11.8 Å². The van der Waals surface area contributed by atoms with E-state index in [2.05, 4.69) is 20.8 Å². The van der Waals surface area contributed by atoms with E-state index in [-0.39, 0.29) is 22.4 Å². The summed E-state index contributed by atoms with van der Waals surface area (Å²) in [4.78, 5) is 13.0. The summed E-state index contributed by atoms with van der Waals surface area (Å²) in [6.45, 7) is 12.3. The third kappa shape index (κ3) is 3.91. The molecule has 0 unspecified atom stereocenters. The highest BCUT2D eigenvalue weighted by Crippen LogP contribution is 2.38. The van der Waals surface area contributed by atoms with E-state index in [0.29, 0.717) is 16.7 Å². The molecule has 2 aromatic carbocycles. The van der Waals surface area contributed by atoms with Gasteiger partial charge in [0.1, 0.15) is 5.75 Å². The van der Waals surface area contributed by atoms with Crippen LogP contribution < -0.4 is 0 Å². The van der Waals surface area contributed by atoms with Crippen molar-refractivity contribution in [3.05, 3.63) is 64.2 Å². The number of aromatic hydroxyl groups is 1. The highest BCUT2D eigenvalue weighted by molar-refractivity contribution is 6.11. The van der Waals surface area contributed by atoms with Crippen molar-refractivity contribution in [2.75, 3.05) is 0 Å². The highest BCUT2D eigenvalue weighted by atomic mass is 16.3. The highest BCUT2D eigenvalue weighted by Gasteiger charge is 2.27. The van der Waals surface area contributed by atoms with Crippen LogP contribution in [0.5, 0.6) is 5.75 Å². The summed E-state index contributed by atoms with van der Waals surface area (Å²) < 4.78 is 0. The first-order valence-corrected chi connectivity index (χ1v) is 8.38. The molecule has 0 atom stereocenters. The molecule has 0 amide bonds. The fourth-order valence-corrected chi connectivity index (χ4v) is 2.66. The Balaban J connectivity index is 2.66. The zero-order chi connectivity index (χ0) is 19.0. The first kappa shape index (κ1) is 18.7. The van der Waals surface area contributed by atoms with Crippen LogP contribution >= 0.6 is 0 Å². The summed E-state index contributed by atoms with van der Waals surface area (Å²) in [5, 5.41) is 19.7. The summed E-state index contributed by atoms with van der Waals surface area (Å²) in [7, 11) is 0. The number of hydrogen-bond acceptors (Lipinski definition) is 3. The van der Waals surface area contributed by atoms with Crippen LogP contribution in [0.2, 0.25) is 0 Å². The Bertz CT molecular complexity index is 842. The molecule has 3 nitrogen and oxygen atoms in total. The number of ketones is 1. The molecule has 0 spiro atoms. The Morgan fingerprint density at radius 3 is 1.96 bits per heavy atom. The first-order chi connectivity index (χ1) is 11.4. The lowest BCUT2D eigenvalue weighted by Crippen LogP contribution is -2.18. The largest absolute Gasteiger partial charge is 0.507 e. The minimum atomic E-state index is -0.287. The zero-order valence-corrected chi connectivity index (χ0v) is 15.8. The van der Waals surface area contributed by atoms with Gasteiger partial charge in [-0.15, -0.1) is 0 Å². The molecule has 130 valence electrons. The molecule has 1 N–H and O–H groups in total. The molecule has 0 aliphatic rings. The first-order valence-electron chi connectivity index (χ1n) is 8.38. The van der Waals surface area contributed by atoms with E-state index in [9.17, 15) is 9.90 Å². The van der Waals surface area contributed by atoms with Gasteiger partial charge < -0.3 is 5.11 Å². The summed E-state index contributed by atoms with van der Waals surface area (Å²) in [5.74, 6) is -0.201. The summed E-state index contributed by atoms with van der Waals surface area (Å²) in [6.07, 6.45) is 0. The van der Waals surface area contributed by atoms with Crippen LogP contribution in [0.4, 0.5) is 0 Å². The molecule has 25 heavy (non-hydrogen) atoms. The van der Waals surface area contributed by atoms with E-state index in [1.54, 1.807) is 30.3 Å². The average Bonchev–Trinajstić information content (AvgIpc) is 2.52. The minimum absolute atomic E-state index is 0.0369. The van der Waals surface area contributed by atoms with E-state index < -0.39 is 0 Å². The minimum Gasteiger partial charge on any atom is -0.507 e. The van der Waals surface area contributed by atoms with Gasteiger partial charge in [-0.3, -0.25) is 4.79 Å². The second kappa shape index (κ2) is 6.37. The maximum atomic E-state index is 13.0. The standard InChI is InChI=1S/C22H25NO2/c1-21(2,3)16-11-17(20(25)18(12-16)22(4,5)6)19(24)15-9-7-14(13-23)8-10-15/h7-12,25H,1-6H3. The predicted octanol–water partition coefficient (Wildman–Crippen LogP) is 5.09. The molecule has 0 aliphatic heterocycles. The second-order valence-corrected chi connectivity index (χ2v) is 8.44. The monoisotopic (exact) mass is 335 g/mol. The number of phenols is 1. The van der Waals surface area contributed by atoms with Gasteiger partial charge in [0.15, 0.2) is 5.78 Å². The number of rotatable bonds is 2. The van der Waals surface area contributed by atoms with Crippen molar-refractivity contribution in [2.45, 2.75) is 52.4 Å². The number of phenolic OH excluding ortho intramolecular Hbond substituents is 1. The SMILES string of the molecule is CC(C)(C)c1cc(C(=O)c2ccc(C#N)cc2)c(O)c(C(C)(C)C)c1. The van der Waals surface area contributed by atoms with Crippen LogP contribution in [0.15, 0.2) is 36.4 Å². The fourth-order valence-electron chi connectivity index (χ4n) is 2.66. The second-order valence-electron chi connectivity index (χ2n) is 8.44. The lowest BCUT2D eigenvalue weighted by Gasteiger charge is -2.27.